The van der Waals surface area contributed by atoms with Crippen LogP contribution in [0.4, 0.5) is 17.6 Å². The second kappa shape index (κ2) is 11.8. The van der Waals surface area contributed by atoms with Crippen LogP contribution >= 0.6 is 11.6 Å². The molecule has 208 valence electrons. The minimum absolute atomic E-state index is 0.116. The summed E-state index contributed by atoms with van der Waals surface area (Å²) in [5.74, 6) is -2.40. The zero-order chi connectivity index (χ0) is 28.3. The molecule has 39 heavy (non-hydrogen) atoms. The minimum Gasteiger partial charge on any atom is -0.340 e. The van der Waals surface area contributed by atoms with E-state index in [0.29, 0.717) is 30.5 Å². The lowest BCUT2D eigenvalue weighted by molar-refractivity contribution is -0.144. The molecule has 2 heterocycles. The fourth-order valence-corrected chi connectivity index (χ4v) is 5.37. The highest BCUT2D eigenvalue weighted by Crippen LogP contribution is 2.39. The van der Waals surface area contributed by atoms with Crippen LogP contribution in [-0.4, -0.2) is 32.7 Å². The molecule has 1 aromatic carbocycles. The highest BCUT2D eigenvalue weighted by molar-refractivity contribution is 6.34. The van der Waals surface area contributed by atoms with Gasteiger partial charge in [-0.05, 0) is 49.1 Å². The van der Waals surface area contributed by atoms with Crippen LogP contribution in [0.15, 0.2) is 47.4 Å². The molecule has 1 aliphatic carbocycles. The molecule has 0 unspecified atom stereocenters. The lowest BCUT2D eigenvalue weighted by atomic mass is 9.95. The molecule has 1 saturated carbocycles. The number of nitrogens with zero attached hydrogens (tertiary/aromatic N) is 2. The summed E-state index contributed by atoms with van der Waals surface area (Å²) in [7, 11) is 0. The number of ketones is 1. The summed E-state index contributed by atoms with van der Waals surface area (Å²) in [5, 5.41) is -0.116. The van der Waals surface area contributed by atoms with Gasteiger partial charge in [-0.25, -0.2) is 4.39 Å². The van der Waals surface area contributed by atoms with E-state index in [4.69, 9.17) is 11.6 Å². The van der Waals surface area contributed by atoms with Crippen LogP contribution in [0.1, 0.15) is 82.7 Å². The van der Waals surface area contributed by atoms with Gasteiger partial charge in [0.25, 0.3) is 11.5 Å². The number of aromatic amines is 1. The number of amides is 1. The van der Waals surface area contributed by atoms with E-state index in [0.717, 1.165) is 46.9 Å². The summed E-state index contributed by atoms with van der Waals surface area (Å²) < 4.78 is 57.6. The van der Waals surface area contributed by atoms with Crippen molar-refractivity contribution < 1.29 is 27.2 Å². The first-order chi connectivity index (χ1) is 18.5. The molecule has 1 aliphatic rings. The SMILES string of the molecule is CCc1cc(Cl)c(C(=O)CN(Cc2ccc(F)cc2)C(=O)c2ccn(C3CCCCC3)c2C(F)(F)F)c(=O)[nH]1. The number of benzene rings is 1. The molecule has 0 atom stereocenters. The standard InChI is InChI=1S/C28H28ClF4N3O3/c1-2-19-14-22(29)24(26(38)34-19)23(37)16-35(15-17-8-10-18(30)11-9-17)27(39)21-12-13-36(25(21)28(31,32)33)20-6-4-3-5-7-20/h8-14,20H,2-7,15-16H2,1H3,(H,34,38). The van der Waals surface area contributed by atoms with Crippen molar-refractivity contribution >= 4 is 23.3 Å². The number of carbonyl (C=O) groups is 2. The Labute approximate surface area is 227 Å². The van der Waals surface area contributed by atoms with Crippen LogP contribution in [0.2, 0.25) is 5.02 Å². The third-order valence-electron chi connectivity index (χ3n) is 6.99. The number of nitrogens with one attached hydrogen (secondary N) is 1. The third kappa shape index (κ3) is 6.43. The Morgan fingerprint density at radius 3 is 2.36 bits per heavy atom. The van der Waals surface area contributed by atoms with Gasteiger partial charge in [0, 0.05) is 24.5 Å². The number of aryl methyl sites for hydroxylation is 1. The van der Waals surface area contributed by atoms with Crippen molar-refractivity contribution in [3.8, 4) is 0 Å². The summed E-state index contributed by atoms with van der Waals surface area (Å²) in [6.45, 7) is 0.777. The van der Waals surface area contributed by atoms with Gasteiger partial charge in [-0.2, -0.15) is 13.2 Å². The number of rotatable bonds is 8. The van der Waals surface area contributed by atoms with Gasteiger partial charge in [0.05, 0.1) is 17.1 Å². The largest absolute Gasteiger partial charge is 0.432 e. The lowest BCUT2D eigenvalue weighted by Crippen LogP contribution is -2.38. The summed E-state index contributed by atoms with van der Waals surface area (Å²) >= 11 is 6.20. The van der Waals surface area contributed by atoms with Crippen molar-refractivity contribution in [2.75, 3.05) is 6.54 Å². The fourth-order valence-electron chi connectivity index (χ4n) is 5.04. The van der Waals surface area contributed by atoms with Crippen molar-refractivity contribution in [3.63, 3.8) is 0 Å². The van der Waals surface area contributed by atoms with E-state index in [1.807, 2.05) is 0 Å². The molecule has 11 heteroatoms. The number of H-pyrrole nitrogens is 1. The molecule has 1 amide bonds. The van der Waals surface area contributed by atoms with Crippen molar-refractivity contribution in [2.45, 2.75) is 64.2 Å². The first kappa shape index (κ1) is 28.6. The highest BCUT2D eigenvalue weighted by Gasteiger charge is 2.41. The zero-order valence-electron chi connectivity index (χ0n) is 21.3. The molecule has 1 N–H and O–H groups in total. The highest BCUT2D eigenvalue weighted by atomic mass is 35.5. The van der Waals surface area contributed by atoms with E-state index in [1.165, 1.54) is 24.4 Å². The van der Waals surface area contributed by atoms with Crippen LogP contribution in [0.5, 0.6) is 0 Å². The molecule has 3 aromatic rings. The molecule has 2 aromatic heterocycles. The monoisotopic (exact) mass is 565 g/mol. The topological polar surface area (TPSA) is 75.2 Å². The zero-order valence-corrected chi connectivity index (χ0v) is 22.0. The number of hydrogen-bond donors (Lipinski definition) is 1. The average molecular weight is 566 g/mol. The normalized spacial score (nSPS) is 14.4. The second-order valence-corrected chi connectivity index (χ2v) is 10.1. The number of aromatic nitrogens is 2. The van der Waals surface area contributed by atoms with Gasteiger partial charge in [-0.3, -0.25) is 14.4 Å². The molecule has 6 nitrogen and oxygen atoms in total. The fraction of sp³-hybridized carbons (Fsp3) is 0.393. The Morgan fingerprint density at radius 1 is 1.10 bits per heavy atom. The Kier molecular flexibility index (Phi) is 8.64. The molecule has 1 fully saturated rings. The van der Waals surface area contributed by atoms with Crippen molar-refractivity contribution in [1.29, 1.82) is 0 Å². The summed E-state index contributed by atoms with van der Waals surface area (Å²) in [4.78, 5) is 43.0. The molecule has 0 saturated heterocycles. The Bertz CT molecular complexity index is 1410. The maximum atomic E-state index is 14.3. The first-order valence-electron chi connectivity index (χ1n) is 12.8. The quantitative estimate of drug-likeness (QED) is 0.248. The average Bonchev–Trinajstić information content (AvgIpc) is 3.35. The minimum atomic E-state index is -4.83. The van der Waals surface area contributed by atoms with E-state index in [9.17, 15) is 31.9 Å². The predicted octanol–water partition coefficient (Wildman–Crippen LogP) is 6.58. The van der Waals surface area contributed by atoms with Crippen molar-refractivity contribution in [3.05, 3.63) is 91.9 Å². The number of carbonyl (C=O) groups excluding carboxylic acids is 2. The second-order valence-electron chi connectivity index (χ2n) is 9.69. The van der Waals surface area contributed by atoms with Gasteiger partial charge >= 0.3 is 6.18 Å². The van der Waals surface area contributed by atoms with Gasteiger partial charge in [0.15, 0.2) is 5.78 Å². The third-order valence-corrected chi connectivity index (χ3v) is 7.29. The summed E-state index contributed by atoms with van der Waals surface area (Å²) in [6.07, 6.45) is 0.566. The maximum Gasteiger partial charge on any atom is 0.432 e. The lowest BCUT2D eigenvalue weighted by Gasteiger charge is -2.27. The van der Waals surface area contributed by atoms with Crippen molar-refractivity contribution in [2.24, 2.45) is 0 Å². The first-order valence-corrected chi connectivity index (χ1v) is 13.1. The number of pyridine rings is 1. The molecular formula is C28H28ClF4N3O3. The van der Waals surface area contributed by atoms with Crippen LogP contribution in [0.3, 0.4) is 0 Å². The summed E-state index contributed by atoms with van der Waals surface area (Å²) in [5.41, 5.74) is -1.91. The molecule has 0 bridgehead atoms. The van der Waals surface area contributed by atoms with E-state index < -0.39 is 53.1 Å². The van der Waals surface area contributed by atoms with Crippen LogP contribution in [-0.2, 0) is 19.1 Å². The Balaban J connectivity index is 1.73. The van der Waals surface area contributed by atoms with Gasteiger partial charge in [-0.15, -0.1) is 0 Å². The Hall–Kier alpha value is -3.40. The molecular weight excluding hydrogens is 538 g/mol. The number of hydrogen-bond acceptors (Lipinski definition) is 3. The summed E-state index contributed by atoms with van der Waals surface area (Å²) in [6, 6.07) is 7.18. The molecule has 4 rings (SSSR count). The van der Waals surface area contributed by atoms with Crippen LogP contribution in [0.25, 0.3) is 0 Å². The smallest absolute Gasteiger partial charge is 0.340 e. The molecule has 0 spiro atoms. The Morgan fingerprint density at radius 2 is 1.77 bits per heavy atom. The number of halogens is 5. The van der Waals surface area contributed by atoms with Crippen LogP contribution < -0.4 is 5.56 Å². The van der Waals surface area contributed by atoms with E-state index >= 15 is 0 Å². The molecule has 0 aliphatic heterocycles. The van der Waals surface area contributed by atoms with Gasteiger partial charge in [0.2, 0.25) is 0 Å². The number of alkyl halides is 3. The van der Waals surface area contributed by atoms with Gasteiger partial charge in [0.1, 0.15) is 17.1 Å². The maximum absolute atomic E-state index is 14.3. The number of Topliss-reactive ketones (excluding diaryl/α,β-unsaturated/α-hetero) is 1. The van der Waals surface area contributed by atoms with E-state index in [2.05, 4.69) is 4.98 Å². The van der Waals surface area contributed by atoms with Gasteiger partial charge in [-0.1, -0.05) is 49.9 Å². The van der Waals surface area contributed by atoms with Crippen molar-refractivity contribution in [1.82, 2.24) is 14.5 Å². The van der Waals surface area contributed by atoms with E-state index in [-0.39, 0.29) is 17.1 Å². The van der Waals surface area contributed by atoms with Crippen LogP contribution in [0, 0.1) is 5.82 Å². The predicted molar refractivity (Wildman–Crippen MR) is 138 cm³/mol. The van der Waals surface area contributed by atoms with E-state index in [1.54, 1.807) is 6.92 Å². The van der Waals surface area contributed by atoms with Gasteiger partial charge < -0.3 is 14.5 Å². The molecule has 0 radical (unpaired) electrons.